The van der Waals surface area contributed by atoms with Gasteiger partial charge in [0.1, 0.15) is 0 Å². The van der Waals surface area contributed by atoms with Crippen LogP contribution in [0.3, 0.4) is 0 Å². The van der Waals surface area contributed by atoms with Crippen LogP contribution in [0.1, 0.15) is 20.3 Å². The van der Waals surface area contributed by atoms with E-state index in [1.807, 2.05) is 0 Å². The molecule has 0 bridgehead atoms. The highest BCUT2D eigenvalue weighted by Crippen LogP contribution is 2.06. The number of hydrogen-bond acceptors (Lipinski definition) is 4. The van der Waals surface area contributed by atoms with Crippen molar-refractivity contribution in [2.45, 2.75) is 25.8 Å². The van der Waals surface area contributed by atoms with Crippen molar-refractivity contribution in [2.24, 2.45) is 5.73 Å². The van der Waals surface area contributed by atoms with Crippen molar-refractivity contribution in [2.75, 3.05) is 5.32 Å². The van der Waals surface area contributed by atoms with E-state index in [0.717, 1.165) is 0 Å². The van der Waals surface area contributed by atoms with Crippen LogP contribution in [0.4, 0.5) is 5.82 Å². The summed E-state index contributed by atoms with van der Waals surface area (Å²) in [5.74, 6) is 0.291. The number of amides is 1. The first kappa shape index (κ1) is 10.6. The van der Waals surface area contributed by atoms with Crippen LogP contribution in [0, 0.1) is 0 Å². The molecular weight excluding hydrogens is 180 g/mol. The highest BCUT2D eigenvalue weighted by Gasteiger charge is 2.16. The van der Waals surface area contributed by atoms with Gasteiger partial charge in [-0.3, -0.25) is 9.78 Å². The minimum absolute atomic E-state index is 0.155. The molecule has 14 heavy (non-hydrogen) atoms. The maximum absolute atomic E-state index is 11.4. The average Bonchev–Trinajstić information content (AvgIpc) is 2.02. The Labute approximate surface area is 82.7 Å². The lowest BCUT2D eigenvalue weighted by molar-refractivity contribution is -0.117. The molecule has 0 aromatic carbocycles. The molecule has 0 aliphatic heterocycles. The van der Waals surface area contributed by atoms with E-state index >= 15 is 0 Å². The molecule has 1 amide bonds. The van der Waals surface area contributed by atoms with E-state index in [4.69, 9.17) is 5.73 Å². The van der Waals surface area contributed by atoms with Crippen LogP contribution >= 0.6 is 0 Å². The second-order valence-corrected chi connectivity index (χ2v) is 3.80. The summed E-state index contributed by atoms with van der Waals surface area (Å²) >= 11 is 0. The number of nitrogens with two attached hydrogens (primary N) is 1. The maximum atomic E-state index is 11.4. The second-order valence-electron chi connectivity index (χ2n) is 3.80. The number of aromatic nitrogens is 2. The molecule has 0 saturated carbocycles. The van der Waals surface area contributed by atoms with Crippen LogP contribution in [0.15, 0.2) is 18.6 Å². The van der Waals surface area contributed by atoms with Crippen molar-refractivity contribution < 1.29 is 4.79 Å². The van der Waals surface area contributed by atoms with Gasteiger partial charge in [0.05, 0.1) is 6.20 Å². The first-order valence-electron chi connectivity index (χ1n) is 4.32. The van der Waals surface area contributed by atoms with Gasteiger partial charge in [-0.2, -0.15) is 0 Å². The van der Waals surface area contributed by atoms with E-state index in [1.165, 1.54) is 12.4 Å². The van der Waals surface area contributed by atoms with Gasteiger partial charge in [-0.1, -0.05) is 0 Å². The fourth-order valence-electron chi connectivity index (χ4n) is 0.964. The molecule has 1 rings (SSSR count). The molecule has 0 atom stereocenters. The van der Waals surface area contributed by atoms with Crippen molar-refractivity contribution in [3.05, 3.63) is 18.6 Å². The quantitative estimate of drug-likeness (QED) is 0.736. The van der Waals surface area contributed by atoms with Gasteiger partial charge in [-0.15, -0.1) is 0 Å². The summed E-state index contributed by atoms with van der Waals surface area (Å²) in [5, 5.41) is 2.61. The molecule has 3 N–H and O–H groups in total. The fourth-order valence-corrected chi connectivity index (χ4v) is 0.964. The first-order chi connectivity index (χ1) is 6.47. The Bertz CT molecular complexity index is 304. The van der Waals surface area contributed by atoms with Crippen LogP contribution in [-0.2, 0) is 4.79 Å². The molecule has 0 saturated heterocycles. The van der Waals surface area contributed by atoms with Crippen molar-refractivity contribution in [1.29, 1.82) is 0 Å². The molecule has 76 valence electrons. The molecule has 0 fully saturated rings. The van der Waals surface area contributed by atoms with Crippen molar-refractivity contribution in [3.63, 3.8) is 0 Å². The summed E-state index contributed by atoms with van der Waals surface area (Å²) in [7, 11) is 0. The Kier molecular flexibility index (Phi) is 3.14. The lowest BCUT2D eigenvalue weighted by atomic mass is 10.0. The summed E-state index contributed by atoms with van der Waals surface area (Å²) in [6, 6.07) is 0. The van der Waals surface area contributed by atoms with Crippen LogP contribution in [0.2, 0.25) is 0 Å². The molecule has 0 spiro atoms. The molecule has 0 unspecified atom stereocenters. The average molecular weight is 194 g/mol. The molecule has 1 aromatic heterocycles. The topological polar surface area (TPSA) is 80.9 Å². The molecule has 0 aliphatic rings. The van der Waals surface area contributed by atoms with E-state index in [0.29, 0.717) is 5.82 Å². The smallest absolute Gasteiger partial charge is 0.227 e. The van der Waals surface area contributed by atoms with Gasteiger partial charge < -0.3 is 11.1 Å². The van der Waals surface area contributed by atoms with Gasteiger partial charge in [0, 0.05) is 24.4 Å². The predicted molar refractivity (Wildman–Crippen MR) is 53.5 cm³/mol. The lowest BCUT2D eigenvalue weighted by Gasteiger charge is -2.16. The summed E-state index contributed by atoms with van der Waals surface area (Å²) in [6.07, 6.45) is 4.80. The molecule has 0 radical (unpaired) electrons. The normalized spacial score (nSPS) is 11.1. The van der Waals surface area contributed by atoms with Crippen LogP contribution in [0.5, 0.6) is 0 Å². The van der Waals surface area contributed by atoms with E-state index in [2.05, 4.69) is 15.3 Å². The fraction of sp³-hybridized carbons (Fsp3) is 0.444. The van der Waals surface area contributed by atoms with Crippen molar-refractivity contribution >= 4 is 11.7 Å². The predicted octanol–water partition coefficient (Wildman–Crippen LogP) is 0.542. The minimum Gasteiger partial charge on any atom is -0.325 e. The minimum atomic E-state index is -0.508. The number of carbonyl (C=O) groups is 1. The third-order valence-corrected chi connectivity index (χ3v) is 1.45. The highest BCUT2D eigenvalue weighted by molar-refractivity contribution is 5.90. The van der Waals surface area contributed by atoms with Crippen molar-refractivity contribution in [1.82, 2.24) is 9.97 Å². The first-order valence-corrected chi connectivity index (χ1v) is 4.32. The monoisotopic (exact) mass is 194 g/mol. The molecule has 1 aromatic rings. The number of rotatable bonds is 3. The number of nitrogens with one attached hydrogen (secondary N) is 1. The third-order valence-electron chi connectivity index (χ3n) is 1.45. The third kappa shape index (κ3) is 3.95. The van der Waals surface area contributed by atoms with Gasteiger partial charge in [0.15, 0.2) is 5.82 Å². The van der Waals surface area contributed by atoms with Crippen LogP contribution < -0.4 is 11.1 Å². The number of carbonyl (C=O) groups excluding carboxylic acids is 1. The molecule has 5 nitrogen and oxygen atoms in total. The Balaban J connectivity index is 2.50. The standard InChI is InChI=1S/C9H14N4O/c1-9(2,10)5-8(14)13-7-6-11-3-4-12-7/h3-4,6H,5,10H2,1-2H3,(H,12,13,14). The van der Waals surface area contributed by atoms with Gasteiger partial charge in [0.2, 0.25) is 5.91 Å². The number of nitrogens with zero attached hydrogens (tertiary/aromatic N) is 2. The highest BCUT2D eigenvalue weighted by atomic mass is 16.1. The Morgan fingerprint density at radius 1 is 1.57 bits per heavy atom. The summed E-state index contributed by atoms with van der Waals surface area (Å²) in [6.45, 7) is 3.59. The van der Waals surface area contributed by atoms with Gasteiger partial charge in [-0.05, 0) is 13.8 Å². The summed E-state index contributed by atoms with van der Waals surface area (Å²) < 4.78 is 0. The Morgan fingerprint density at radius 2 is 2.29 bits per heavy atom. The van der Waals surface area contributed by atoms with Gasteiger partial charge in [0.25, 0.3) is 0 Å². The van der Waals surface area contributed by atoms with Gasteiger partial charge >= 0.3 is 0 Å². The Hall–Kier alpha value is -1.49. The maximum Gasteiger partial charge on any atom is 0.227 e. The zero-order valence-electron chi connectivity index (χ0n) is 8.32. The summed E-state index contributed by atoms with van der Waals surface area (Å²) in [4.78, 5) is 19.1. The zero-order chi connectivity index (χ0) is 10.6. The van der Waals surface area contributed by atoms with Crippen molar-refractivity contribution in [3.8, 4) is 0 Å². The number of anilines is 1. The van der Waals surface area contributed by atoms with Gasteiger partial charge in [-0.25, -0.2) is 4.98 Å². The molecule has 5 heteroatoms. The largest absolute Gasteiger partial charge is 0.325 e. The zero-order valence-corrected chi connectivity index (χ0v) is 8.32. The Morgan fingerprint density at radius 3 is 2.79 bits per heavy atom. The second kappa shape index (κ2) is 4.15. The van der Waals surface area contributed by atoms with Crippen LogP contribution in [-0.4, -0.2) is 21.4 Å². The van der Waals surface area contributed by atoms with E-state index in [1.54, 1.807) is 20.0 Å². The molecule has 0 aliphatic carbocycles. The lowest BCUT2D eigenvalue weighted by Crippen LogP contribution is -2.36. The number of hydrogen-bond donors (Lipinski definition) is 2. The van der Waals surface area contributed by atoms with E-state index < -0.39 is 5.54 Å². The SMILES string of the molecule is CC(C)(N)CC(=O)Nc1cnccn1. The summed E-state index contributed by atoms with van der Waals surface area (Å²) in [5.41, 5.74) is 5.19. The molecule has 1 heterocycles. The van der Waals surface area contributed by atoms with E-state index in [9.17, 15) is 4.79 Å². The van der Waals surface area contributed by atoms with Crippen LogP contribution in [0.25, 0.3) is 0 Å². The van der Waals surface area contributed by atoms with E-state index in [-0.39, 0.29) is 12.3 Å². The molecular formula is C9H14N4O.